The van der Waals surface area contributed by atoms with E-state index in [1.807, 2.05) is 24.3 Å². The summed E-state index contributed by atoms with van der Waals surface area (Å²) in [6.07, 6.45) is 2.86. The first-order valence-electron chi connectivity index (χ1n) is 4.21. The van der Waals surface area contributed by atoms with Gasteiger partial charge < -0.3 is 10.4 Å². The van der Waals surface area contributed by atoms with Crippen LogP contribution in [-0.4, -0.2) is 11.5 Å². The van der Waals surface area contributed by atoms with Gasteiger partial charge in [-0.25, -0.2) is 0 Å². The third kappa shape index (κ3) is 1.21. The highest BCUT2D eigenvalue weighted by molar-refractivity contribution is 5.51. The Morgan fingerprint density at radius 1 is 1.46 bits per heavy atom. The lowest BCUT2D eigenvalue weighted by Gasteiger charge is -2.21. The molecule has 1 aliphatic rings. The van der Waals surface area contributed by atoms with Gasteiger partial charge in [0.1, 0.15) is 0 Å². The summed E-state index contributed by atoms with van der Waals surface area (Å²) < 4.78 is 0. The van der Waals surface area contributed by atoms with Crippen LogP contribution < -0.4 is 5.32 Å². The lowest BCUT2D eigenvalue weighted by Crippen LogP contribution is -2.39. The van der Waals surface area contributed by atoms with Gasteiger partial charge in [0.05, 0.1) is 0 Å². The second kappa shape index (κ2) is 2.85. The van der Waals surface area contributed by atoms with Crippen LogP contribution in [0.4, 0.5) is 0 Å². The van der Waals surface area contributed by atoms with Crippen molar-refractivity contribution in [1.82, 2.24) is 5.32 Å². The van der Waals surface area contributed by atoms with Crippen LogP contribution in [0.1, 0.15) is 17.5 Å². The molecule has 0 aliphatic heterocycles. The molecule has 0 saturated carbocycles. The molecule has 0 spiro atoms. The molecular weight excluding hydrogens is 166 g/mol. The van der Waals surface area contributed by atoms with E-state index in [4.69, 9.17) is 0 Å². The fourth-order valence-electron chi connectivity index (χ4n) is 1.81. The van der Waals surface area contributed by atoms with Crippen molar-refractivity contribution in [3.05, 3.63) is 35.4 Å². The van der Waals surface area contributed by atoms with Gasteiger partial charge in [-0.1, -0.05) is 24.3 Å². The standard InChI is InChI=1S/C10H10NO2/c12-7-11-10(13)6-5-8-3-1-2-4-9(8)10/h1-4,13H,5-6H2,(H,11,12). The monoisotopic (exact) mass is 176 g/mol. The Kier molecular flexibility index (Phi) is 1.81. The zero-order valence-corrected chi connectivity index (χ0v) is 7.08. The summed E-state index contributed by atoms with van der Waals surface area (Å²) in [6, 6.07) is 7.56. The van der Waals surface area contributed by atoms with Crippen LogP contribution >= 0.6 is 0 Å². The average molecular weight is 176 g/mol. The molecular formula is C10H10NO2. The van der Waals surface area contributed by atoms with E-state index in [9.17, 15) is 9.90 Å². The lowest BCUT2D eigenvalue weighted by atomic mass is 10.1. The second-order valence-electron chi connectivity index (χ2n) is 3.24. The van der Waals surface area contributed by atoms with Crippen LogP contribution in [0.5, 0.6) is 0 Å². The molecule has 3 nitrogen and oxygen atoms in total. The molecule has 2 rings (SSSR count). The maximum Gasteiger partial charge on any atom is 0.311 e. The summed E-state index contributed by atoms with van der Waals surface area (Å²) in [5, 5.41) is 12.3. The highest BCUT2D eigenvalue weighted by atomic mass is 16.3. The Morgan fingerprint density at radius 3 is 3.00 bits per heavy atom. The van der Waals surface area contributed by atoms with Crippen molar-refractivity contribution in [3.63, 3.8) is 0 Å². The van der Waals surface area contributed by atoms with E-state index < -0.39 is 5.72 Å². The van der Waals surface area contributed by atoms with Crippen LogP contribution in [0.25, 0.3) is 0 Å². The molecule has 0 bridgehead atoms. The molecule has 1 aromatic rings. The van der Waals surface area contributed by atoms with E-state index in [0.29, 0.717) is 6.42 Å². The zero-order chi connectivity index (χ0) is 9.31. The fourth-order valence-corrected chi connectivity index (χ4v) is 1.81. The van der Waals surface area contributed by atoms with Gasteiger partial charge >= 0.3 is 6.41 Å². The van der Waals surface area contributed by atoms with Crippen molar-refractivity contribution in [2.24, 2.45) is 0 Å². The summed E-state index contributed by atoms with van der Waals surface area (Å²) in [6.45, 7) is 0. The number of fused-ring (bicyclic) bond motifs is 1. The molecule has 0 fully saturated rings. The molecule has 1 radical (unpaired) electrons. The Bertz CT molecular complexity index is 337. The second-order valence-corrected chi connectivity index (χ2v) is 3.24. The van der Waals surface area contributed by atoms with Crippen LogP contribution in [0.3, 0.4) is 0 Å². The Balaban J connectivity index is 2.42. The van der Waals surface area contributed by atoms with E-state index in [2.05, 4.69) is 5.32 Å². The number of aliphatic hydroxyl groups is 1. The van der Waals surface area contributed by atoms with Crippen molar-refractivity contribution >= 4 is 6.41 Å². The summed E-state index contributed by atoms with van der Waals surface area (Å²) in [5.41, 5.74) is 0.685. The van der Waals surface area contributed by atoms with E-state index in [1.165, 1.54) is 0 Å². The molecule has 1 unspecified atom stereocenters. The van der Waals surface area contributed by atoms with Crippen molar-refractivity contribution in [2.75, 3.05) is 0 Å². The predicted molar refractivity (Wildman–Crippen MR) is 47.5 cm³/mol. The van der Waals surface area contributed by atoms with E-state index in [-0.39, 0.29) is 0 Å². The molecule has 0 heterocycles. The van der Waals surface area contributed by atoms with E-state index in [0.717, 1.165) is 17.5 Å². The van der Waals surface area contributed by atoms with Gasteiger partial charge in [-0.2, -0.15) is 0 Å². The number of carbonyl (C=O) groups excluding carboxylic acids is 1. The number of hydrogen-bond donors (Lipinski definition) is 2. The van der Waals surface area contributed by atoms with Gasteiger partial charge in [-0.3, -0.25) is 4.79 Å². The number of benzene rings is 1. The minimum atomic E-state index is -1.20. The maximum atomic E-state index is 10.2. The van der Waals surface area contributed by atoms with Gasteiger partial charge in [-0.05, 0) is 12.0 Å². The van der Waals surface area contributed by atoms with E-state index >= 15 is 0 Å². The van der Waals surface area contributed by atoms with Crippen LogP contribution in [0.2, 0.25) is 0 Å². The van der Waals surface area contributed by atoms with E-state index in [1.54, 1.807) is 6.41 Å². The minimum absolute atomic E-state index is 0.529. The maximum absolute atomic E-state index is 10.2. The zero-order valence-electron chi connectivity index (χ0n) is 7.08. The smallest absolute Gasteiger partial charge is 0.311 e. The normalized spacial score (nSPS) is 25.3. The van der Waals surface area contributed by atoms with Gasteiger partial charge in [0, 0.05) is 12.0 Å². The molecule has 3 heteroatoms. The summed E-state index contributed by atoms with van der Waals surface area (Å²) >= 11 is 0. The fraction of sp³-hybridized carbons (Fsp3) is 0.300. The first-order valence-corrected chi connectivity index (χ1v) is 4.21. The third-order valence-corrected chi connectivity index (χ3v) is 2.48. The first kappa shape index (κ1) is 8.26. The number of hydrogen-bond acceptors (Lipinski definition) is 2. The van der Waals surface area contributed by atoms with Gasteiger partial charge in [0.2, 0.25) is 0 Å². The van der Waals surface area contributed by atoms with Gasteiger partial charge in [0.15, 0.2) is 5.72 Å². The molecule has 1 aromatic carbocycles. The SMILES string of the molecule is O=[C]NC1(O)CCc2ccccc21. The van der Waals surface area contributed by atoms with Crippen molar-refractivity contribution < 1.29 is 9.90 Å². The molecule has 1 atom stereocenters. The largest absolute Gasteiger partial charge is 0.367 e. The highest BCUT2D eigenvalue weighted by Gasteiger charge is 2.35. The minimum Gasteiger partial charge on any atom is -0.367 e. The van der Waals surface area contributed by atoms with Crippen LogP contribution in [0.15, 0.2) is 24.3 Å². The first-order chi connectivity index (χ1) is 6.26. The molecule has 1 aliphatic carbocycles. The predicted octanol–water partition coefficient (Wildman–Crippen LogP) is 0.435. The summed E-state index contributed by atoms with van der Waals surface area (Å²) in [4.78, 5) is 10.2. The summed E-state index contributed by atoms with van der Waals surface area (Å²) in [7, 11) is 0. The van der Waals surface area contributed by atoms with Crippen molar-refractivity contribution in [2.45, 2.75) is 18.6 Å². The Morgan fingerprint density at radius 2 is 2.23 bits per heavy atom. The topological polar surface area (TPSA) is 49.3 Å². The lowest BCUT2D eigenvalue weighted by molar-refractivity contribution is 0.0220. The Hall–Kier alpha value is -1.35. The molecule has 0 aromatic heterocycles. The average Bonchev–Trinajstić information content (AvgIpc) is 2.46. The molecule has 67 valence electrons. The third-order valence-electron chi connectivity index (χ3n) is 2.48. The van der Waals surface area contributed by atoms with Crippen molar-refractivity contribution in [3.8, 4) is 0 Å². The quantitative estimate of drug-likeness (QED) is 0.507. The Labute approximate surface area is 76.4 Å². The molecule has 0 saturated heterocycles. The van der Waals surface area contributed by atoms with Crippen LogP contribution in [0, 0.1) is 0 Å². The van der Waals surface area contributed by atoms with Crippen LogP contribution in [-0.2, 0) is 16.9 Å². The van der Waals surface area contributed by atoms with Gasteiger partial charge in [-0.15, -0.1) is 0 Å². The highest BCUT2D eigenvalue weighted by Crippen LogP contribution is 2.33. The number of nitrogens with one attached hydrogen (secondary N) is 1. The van der Waals surface area contributed by atoms with Gasteiger partial charge in [0.25, 0.3) is 0 Å². The molecule has 1 amide bonds. The number of amides is 1. The number of aryl methyl sites for hydroxylation is 1. The molecule has 2 N–H and O–H groups in total. The van der Waals surface area contributed by atoms with Crippen molar-refractivity contribution in [1.29, 1.82) is 0 Å². The summed E-state index contributed by atoms with van der Waals surface area (Å²) in [5.74, 6) is 0. The molecule has 13 heavy (non-hydrogen) atoms. The number of rotatable bonds is 2.